The molecule has 2 N–H and O–H groups in total. The van der Waals surface area contributed by atoms with Crippen LogP contribution in [0.15, 0.2) is 18.2 Å². The van der Waals surface area contributed by atoms with Gasteiger partial charge in [-0.25, -0.2) is 0 Å². The number of nitrogens with two attached hydrogens (primary N) is 1. The van der Waals surface area contributed by atoms with Crippen molar-refractivity contribution in [3.05, 3.63) is 29.3 Å². The second kappa shape index (κ2) is 4.07. The number of morpholine rings is 1. The van der Waals surface area contributed by atoms with Crippen LogP contribution in [0.25, 0.3) is 0 Å². The van der Waals surface area contributed by atoms with Crippen LogP contribution in [0.5, 0.6) is 0 Å². The molecule has 2 aliphatic rings. The summed E-state index contributed by atoms with van der Waals surface area (Å²) < 4.78 is 5.40. The molecule has 1 aliphatic heterocycles. The van der Waals surface area contributed by atoms with Crippen LogP contribution in [0.4, 0.5) is 5.69 Å². The molecular weight excluding hydrogens is 200 g/mol. The van der Waals surface area contributed by atoms with Gasteiger partial charge in [0.15, 0.2) is 0 Å². The summed E-state index contributed by atoms with van der Waals surface area (Å²) in [6, 6.07) is 6.96. The number of anilines is 1. The van der Waals surface area contributed by atoms with Crippen molar-refractivity contribution < 1.29 is 4.74 Å². The number of hydrogen-bond donors (Lipinski definition) is 1. The number of hydrogen-bond acceptors (Lipinski definition) is 3. The van der Waals surface area contributed by atoms with Crippen molar-refractivity contribution in [3.63, 3.8) is 0 Å². The van der Waals surface area contributed by atoms with E-state index in [1.807, 2.05) is 6.07 Å². The molecule has 0 saturated carbocycles. The summed E-state index contributed by atoms with van der Waals surface area (Å²) in [6.07, 6.45) is 2.40. The predicted octanol–water partition coefficient (Wildman–Crippen LogP) is 1.59. The number of ether oxygens (including phenoxy) is 1. The van der Waals surface area contributed by atoms with Crippen LogP contribution >= 0.6 is 0 Å². The van der Waals surface area contributed by atoms with Gasteiger partial charge in [0.05, 0.1) is 13.2 Å². The summed E-state index contributed by atoms with van der Waals surface area (Å²) in [5.74, 6) is 0. The molecule has 1 aromatic rings. The van der Waals surface area contributed by atoms with Crippen LogP contribution in [-0.4, -0.2) is 31.2 Å². The van der Waals surface area contributed by atoms with Crippen molar-refractivity contribution in [1.82, 2.24) is 4.90 Å². The quantitative estimate of drug-likeness (QED) is 0.727. The largest absolute Gasteiger partial charge is 0.399 e. The average molecular weight is 218 g/mol. The molecule has 1 saturated heterocycles. The van der Waals surface area contributed by atoms with Crippen LogP contribution in [-0.2, 0) is 11.2 Å². The molecule has 1 heterocycles. The highest BCUT2D eigenvalue weighted by molar-refractivity contribution is 5.47. The Kier molecular flexibility index (Phi) is 2.58. The highest BCUT2D eigenvalue weighted by Crippen LogP contribution is 2.36. The molecule has 0 amide bonds. The summed E-state index contributed by atoms with van der Waals surface area (Å²) in [5.41, 5.74) is 9.63. The van der Waals surface area contributed by atoms with Crippen molar-refractivity contribution in [3.8, 4) is 0 Å². The van der Waals surface area contributed by atoms with E-state index in [0.717, 1.165) is 32.0 Å². The van der Waals surface area contributed by atoms with Gasteiger partial charge in [0.1, 0.15) is 0 Å². The van der Waals surface area contributed by atoms with Crippen LogP contribution in [0.3, 0.4) is 0 Å². The van der Waals surface area contributed by atoms with Crippen molar-refractivity contribution in [1.29, 1.82) is 0 Å². The Balaban J connectivity index is 1.84. The Bertz CT molecular complexity index is 386. The van der Waals surface area contributed by atoms with Crippen LogP contribution < -0.4 is 5.73 Å². The molecule has 3 heteroatoms. The molecule has 3 rings (SSSR count). The van der Waals surface area contributed by atoms with E-state index in [2.05, 4.69) is 17.0 Å². The molecule has 86 valence electrons. The number of nitrogens with zero attached hydrogens (tertiary/aromatic N) is 1. The van der Waals surface area contributed by atoms with Gasteiger partial charge in [0.2, 0.25) is 0 Å². The minimum absolute atomic E-state index is 0.597. The normalized spacial score (nSPS) is 25.6. The zero-order valence-electron chi connectivity index (χ0n) is 9.48. The van der Waals surface area contributed by atoms with Crippen molar-refractivity contribution >= 4 is 5.69 Å². The molecule has 1 aliphatic carbocycles. The fourth-order valence-corrected chi connectivity index (χ4v) is 2.88. The summed E-state index contributed by atoms with van der Waals surface area (Å²) in [7, 11) is 0. The SMILES string of the molecule is Nc1ccc2c(c1)CCC2N1CCOCC1. The third kappa shape index (κ3) is 1.70. The van der Waals surface area contributed by atoms with E-state index in [9.17, 15) is 0 Å². The van der Waals surface area contributed by atoms with Gasteiger partial charge in [-0.1, -0.05) is 6.07 Å². The molecule has 3 nitrogen and oxygen atoms in total. The topological polar surface area (TPSA) is 38.5 Å². The van der Waals surface area contributed by atoms with Crippen LogP contribution in [0, 0.1) is 0 Å². The Labute approximate surface area is 96.2 Å². The van der Waals surface area contributed by atoms with Gasteiger partial charge >= 0.3 is 0 Å². The smallest absolute Gasteiger partial charge is 0.0594 e. The Hall–Kier alpha value is -1.06. The van der Waals surface area contributed by atoms with Gasteiger partial charge in [-0.15, -0.1) is 0 Å². The molecule has 0 spiro atoms. The van der Waals surface area contributed by atoms with Gasteiger partial charge < -0.3 is 10.5 Å². The lowest BCUT2D eigenvalue weighted by atomic mass is 10.1. The van der Waals surface area contributed by atoms with Crippen LogP contribution in [0.1, 0.15) is 23.6 Å². The van der Waals surface area contributed by atoms with E-state index >= 15 is 0 Å². The molecule has 1 atom stereocenters. The lowest BCUT2D eigenvalue weighted by Gasteiger charge is -2.32. The Morgan fingerprint density at radius 1 is 1.25 bits per heavy atom. The van der Waals surface area contributed by atoms with Gasteiger partial charge in [-0.3, -0.25) is 4.90 Å². The molecule has 1 unspecified atom stereocenters. The van der Waals surface area contributed by atoms with E-state index in [1.165, 1.54) is 24.0 Å². The van der Waals surface area contributed by atoms with Crippen LogP contribution in [0.2, 0.25) is 0 Å². The monoisotopic (exact) mass is 218 g/mol. The highest BCUT2D eigenvalue weighted by atomic mass is 16.5. The molecule has 0 radical (unpaired) electrons. The molecule has 1 fully saturated rings. The zero-order chi connectivity index (χ0) is 11.0. The first-order chi connectivity index (χ1) is 7.84. The average Bonchev–Trinajstić information content (AvgIpc) is 2.73. The number of aryl methyl sites for hydroxylation is 1. The van der Waals surface area contributed by atoms with Gasteiger partial charge in [-0.2, -0.15) is 0 Å². The van der Waals surface area contributed by atoms with E-state index in [1.54, 1.807) is 0 Å². The number of fused-ring (bicyclic) bond motifs is 1. The Morgan fingerprint density at radius 3 is 2.88 bits per heavy atom. The number of nitrogen functional groups attached to an aromatic ring is 1. The summed E-state index contributed by atoms with van der Waals surface area (Å²) in [5, 5.41) is 0. The van der Waals surface area contributed by atoms with Gasteiger partial charge in [0, 0.05) is 24.8 Å². The maximum absolute atomic E-state index is 5.82. The molecule has 0 aromatic heterocycles. The van der Waals surface area contributed by atoms with Crippen molar-refractivity contribution in [2.45, 2.75) is 18.9 Å². The first-order valence-electron chi connectivity index (χ1n) is 6.05. The minimum Gasteiger partial charge on any atom is -0.399 e. The lowest BCUT2D eigenvalue weighted by molar-refractivity contribution is 0.0164. The zero-order valence-corrected chi connectivity index (χ0v) is 9.48. The summed E-state index contributed by atoms with van der Waals surface area (Å²) in [4.78, 5) is 2.55. The minimum atomic E-state index is 0.597. The van der Waals surface area contributed by atoms with E-state index < -0.39 is 0 Å². The third-order valence-electron chi connectivity index (χ3n) is 3.70. The molecule has 0 bridgehead atoms. The fourth-order valence-electron chi connectivity index (χ4n) is 2.88. The maximum Gasteiger partial charge on any atom is 0.0594 e. The first-order valence-corrected chi connectivity index (χ1v) is 6.05. The predicted molar refractivity (Wildman–Crippen MR) is 64.3 cm³/mol. The molecule has 1 aromatic carbocycles. The third-order valence-corrected chi connectivity index (χ3v) is 3.70. The standard InChI is InChI=1S/C13H18N2O/c14-11-2-3-12-10(9-11)1-4-13(12)15-5-7-16-8-6-15/h2-3,9,13H,1,4-8,14H2. The van der Waals surface area contributed by atoms with Gasteiger partial charge in [-0.05, 0) is 36.1 Å². The number of benzene rings is 1. The van der Waals surface area contributed by atoms with Gasteiger partial charge in [0.25, 0.3) is 0 Å². The van der Waals surface area contributed by atoms with Crippen molar-refractivity contribution in [2.75, 3.05) is 32.0 Å². The first kappa shape index (κ1) is 10.1. The molecular formula is C13H18N2O. The van der Waals surface area contributed by atoms with Crippen molar-refractivity contribution in [2.24, 2.45) is 0 Å². The second-order valence-electron chi connectivity index (χ2n) is 4.66. The van der Waals surface area contributed by atoms with E-state index in [-0.39, 0.29) is 0 Å². The maximum atomic E-state index is 5.82. The molecule has 16 heavy (non-hydrogen) atoms. The summed E-state index contributed by atoms with van der Waals surface area (Å²) >= 11 is 0. The second-order valence-corrected chi connectivity index (χ2v) is 4.66. The van der Waals surface area contributed by atoms with E-state index in [4.69, 9.17) is 10.5 Å². The number of rotatable bonds is 1. The van der Waals surface area contributed by atoms with E-state index in [0.29, 0.717) is 6.04 Å². The highest BCUT2D eigenvalue weighted by Gasteiger charge is 2.28. The fraction of sp³-hybridized carbons (Fsp3) is 0.538. The lowest BCUT2D eigenvalue weighted by Crippen LogP contribution is -2.38. The summed E-state index contributed by atoms with van der Waals surface area (Å²) in [6.45, 7) is 3.88. The Morgan fingerprint density at radius 2 is 2.06 bits per heavy atom.